The van der Waals surface area contributed by atoms with E-state index in [1.807, 2.05) is 12.1 Å². The topological polar surface area (TPSA) is 50.7 Å². The van der Waals surface area contributed by atoms with Crippen molar-refractivity contribution in [2.24, 2.45) is 0 Å². The average Bonchev–Trinajstić information content (AvgIpc) is 2.48. The van der Waals surface area contributed by atoms with Crippen LogP contribution in [0.15, 0.2) is 34.8 Å². The molecule has 0 aliphatic heterocycles. The van der Waals surface area contributed by atoms with E-state index in [9.17, 15) is 5.11 Å². The van der Waals surface area contributed by atoms with E-state index in [1.165, 1.54) is 0 Å². The van der Waals surface area contributed by atoms with Gasteiger partial charge in [-0.15, -0.1) is 0 Å². The SMILES string of the molecule is COc1cc(OC)c(NCc2ccc(O)c(Br)c2)cc1Cl. The highest BCUT2D eigenvalue weighted by molar-refractivity contribution is 9.10. The van der Waals surface area contributed by atoms with E-state index in [1.54, 1.807) is 32.4 Å². The molecule has 0 atom stereocenters. The van der Waals surface area contributed by atoms with Crippen LogP contribution in [0.5, 0.6) is 17.2 Å². The van der Waals surface area contributed by atoms with Crippen LogP contribution >= 0.6 is 27.5 Å². The van der Waals surface area contributed by atoms with Crippen LogP contribution in [-0.2, 0) is 6.54 Å². The predicted octanol–water partition coefficient (Wildman–Crippen LogP) is 4.44. The Morgan fingerprint density at radius 3 is 2.48 bits per heavy atom. The maximum atomic E-state index is 9.49. The minimum absolute atomic E-state index is 0.212. The fourth-order valence-electron chi connectivity index (χ4n) is 1.86. The summed E-state index contributed by atoms with van der Waals surface area (Å²) in [5.74, 6) is 1.42. The highest BCUT2D eigenvalue weighted by atomic mass is 79.9. The number of anilines is 1. The van der Waals surface area contributed by atoms with Crippen molar-refractivity contribution in [3.05, 3.63) is 45.4 Å². The van der Waals surface area contributed by atoms with Gasteiger partial charge >= 0.3 is 0 Å². The first-order chi connectivity index (χ1) is 10.0. The first-order valence-electron chi connectivity index (χ1n) is 6.18. The Morgan fingerprint density at radius 1 is 1.14 bits per heavy atom. The molecule has 0 bridgehead atoms. The van der Waals surface area contributed by atoms with Gasteiger partial charge in [0.05, 0.1) is 29.4 Å². The van der Waals surface area contributed by atoms with Crippen molar-refractivity contribution in [2.75, 3.05) is 19.5 Å². The number of phenolic OH excluding ortho intramolecular Hbond substituents is 1. The number of hydrogen-bond acceptors (Lipinski definition) is 4. The molecule has 0 aliphatic carbocycles. The van der Waals surface area contributed by atoms with E-state index >= 15 is 0 Å². The molecular formula is C15H15BrClNO3. The second kappa shape index (κ2) is 6.91. The van der Waals surface area contributed by atoms with Crippen molar-refractivity contribution in [1.82, 2.24) is 0 Å². The lowest BCUT2D eigenvalue weighted by molar-refractivity contribution is 0.395. The minimum atomic E-state index is 0.212. The third-order valence-corrected chi connectivity index (χ3v) is 3.90. The summed E-state index contributed by atoms with van der Waals surface area (Å²) in [6.45, 7) is 0.567. The zero-order valence-corrected chi connectivity index (χ0v) is 14.0. The van der Waals surface area contributed by atoms with Crippen molar-refractivity contribution < 1.29 is 14.6 Å². The molecule has 21 heavy (non-hydrogen) atoms. The summed E-state index contributed by atoms with van der Waals surface area (Å²) in [5, 5.41) is 13.2. The van der Waals surface area contributed by atoms with Crippen molar-refractivity contribution in [3.63, 3.8) is 0 Å². The highest BCUT2D eigenvalue weighted by Crippen LogP contribution is 2.36. The quantitative estimate of drug-likeness (QED) is 0.815. The van der Waals surface area contributed by atoms with Crippen LogP contribution in [0, 0.1) is 0 Å². The molecule has 0 radical (unpaired) electrons. The fraction of sp³-hybridized carbons (Fsp3) is 0.200. The molecule has 2 N–H and O–H groups in total. The average molecular weight is 373 g/mol. The van der Waals surface area contributed by atoms with Crippen LogP contribution in [0.3, 0.4) is 0 Å². The maximum Gasteiger partial charge on any atom is 0.145 e. The van der Waals surface area contributed by atoms with Gasteiger partial charge in [-0.1, -0.05) is 17.7 Å². The molecule has 112 valence electrons. The van der Waals surface area contributed by atoms with Crippen molar-refractivity contribution in [3.8, 4) is 17.2 Å². The van der Waals surface area contributed by atoms with Crippen LogP contribution in [0.2, 0.25) is 5.02 Å². The van der Waals surface area contributed by atoms with Crippen LogP contribution in [0.1, 0.15) is 5.56 Å². The Morgan fingerprint density at radius 2 is 1.86 bits per heavy atom. The molecule has 0 heterocycles. The van der Waals surface area contributed by atoms with Gasteiger partial charge in [-0.05, 0) is 39.7 Å². The fourth-order valence-corrected chi connectivity index (χ4v) is 2.52. The standard InChI is InChI=1S/C15H15BrClNO3/c1-20-14-7-15(21-2)12(6-11(14)17)18-8-9-3-4-13(19)10(16)5-9/h3-7,18-19H,8H2,1-2H3. The Hall–Kier alpha value is -1.59. The zero-order chi connectivity index (χ0) is 15.4. The largest absolute Gasteiger partial charge is 0.507 e. The molecule has 0 amide bonds. The monoisotopic (exact) mass is 371 g/mol. The maximum absolute atomic E-state index is 9.49. The number of benzene rings is 2. The van der Waals surface area contributed by atoms with E-state index in [4.69, 9.17) is 21.1 Å². The molecule has 0 unspecified atom stereocenters. The number of nitrogens with one attached hydrogen (secondary N) is 1. The number of ether oxygens (including phenoxy) is 2. The highest BCUT2D eigenvalue weighted by Gasteiger charge is 2.10. The van der Waals surface area contributed by atoms with Crippen LogP contribution < -0.4 is 14.8 Å². The number of rotatable bonds is 5. The third kappa shape index (κ3) is 3.74. The first-order valence-corrected chi connectivity index (χ1v) is 7.35. The molecule has 0 aromatic heterocycles. The zero-order valence-electron chi connectivity index (χ0n) is 11.6. The molecule has 2 aromatic carbocycles. The van der Waals surface area contributed by atoms with Gasteiger partial charge < -0.3 is 19.9 Å². The summed E-state index contributed by atoms with van der Waals surface area (Å²) in [5.41, 5.74) is 1.78. The molecule has 6 heteroatoms. The van der Waals surface area contributed by atoms with Gasteiger partial charge in [-0.2, -0.15) is 0 Å². The lowest BCUT2D eigenvalue weighted by Gasteiger charge is -2.14. The number of methoxy groups -OCH3 is 2. The lowest BCUT2D eigenvalue weighted by atomic mass is 10.2. The van der Waals surface area contributed by atoms with Crippen LogP contribution in [0.4, 0.5) is 5.69 Å². The molecule has 4 nitrogen and oxygen atoms in total. The van der Waals surface area contributed by atoms with Gasteiger partial charge in [-0.3, -0.25) is 0 Å². The smallest absolute Gasteiger partial charge is 0.145 e. The van der Waals surface area contributed by atoms with Crippen molar-refractivity contribution in [2.45, 2.75) is 6.54 Å². The van der Waals surface area contributed by atoms with Gasteiger partial charge in [0, 0.05) is 12.6 Å². The molecule has 0 fully saturated rings. The van der Waals surface area contributed by atoms with E-state index in [0.717, 1.165) is 11.3 Å². The summed E-state index contributed by atoms with van der Waals surface area (Å²) < 4.78 is 11.1. The summed E-state index contributed by atoms with van der Waals surface area (Å²) in [4.78, 5) is 0. The van der Waals surface area contributed by atoms with Crippen molar-refractivity contribution in [1.29, 1.82) is 0 Å². The van der Waals surface area contributed by atoms with E-state index < -0.39 is 0 Å². The second-order valence-corrected chi connectivity index (χ2v) is 5.59. The van der Waals surface area contributed by atoms with Gasteiger partial charge in [0.25, 0.3) is 0 Å². The predicted molar refractivity (Wildman–Crippen MR) is 87.7 cm³/mol. The van der Waals surface area contributed by atoms with Gasteiger partial charge in [0.15, 0.2) is 0 Å². The summed E-state index contributed by atoms with van der Waals surface area (Å²) in [7, 11) is 3.15. The van der Waals surface area contributed by atoms with E-state index in [0.29, 0.717) is 27.5 Å². The third-order valence-electron chi connectivity index (χ3n) is 2.97. The van der Waals surface area contributed by atoms with Gasteiger partial charge in [0.2, 0.25) is 0 Å². The van der Waals surface area contributed by atoms with Crippen molar-refractivity contribution >= 4 is 33.2 Å². The van der Waals surface area contributed by atoms with Crippen LogP contribution in [0.25, 0.3) is 0 Å². The molecule has 2 aromatic rings. The second-order valence-electron chi connectivity index (χ2n) is 4.33. The molecule has 2 rings (SSSR count). The molecule has 0 aliphatic rings. The van der Waals surface area contributed by atoms with Gasteiger partial charge in [-0.25, -0.2) is 0 Å². The number of halogens is 2. The number of phenols is 1. The van der Waals surface area contributed by atoms with E-state index in [2.05, 4.69) is 21.2 Å². The normalized spacial score (nSPS) is 10.3. The minimum Gasteiger partial charge on any atom is -0.507 e. The lowest BCUT2D eigenvalue weighted by Crippen LogP contribution is -2.02. The number of hydrogen-bond donors (Lipinski definition) is 2. The Balaban J connectivity index is 2.19. The molecule has 0 saturated carbocycles. The Kier molecular flexibility index (Phi) is 5.20. The van der Waals surface area contributed by atoms with E-state index in [-0.39, 0.29) is 5.75 Å². The molecule has 0 saturated heterocycles. The summed E-state index contributed by atoms with van der Waals surface area (Å²) in [6.07, 6.45) is 0. The summed E-state index contributed by atoms with van der Waals surface area (Å²) in [6, 6.07) is 8.82. The van der Waals surface area contributed by atoms with Crippen LogP contribution in [-0.4, -0.2) is 19.3 Å². The first kappa shape index (κ1) is 15.8. The molecule has 0 spiro atoms. The summed E-state index contributed by atoms with van der Waals surface area (Å²) >= 11 is 9.42. The Bertz CT molecular complexity index is 649. The Labute approximate surface area is 136 Å². The van der Waals surface area contributed by atoms with Gasteiger partial charge in [0.1, 0.15) is 17.2 Å². The number of aromatic hydroxyl groups is 1. The molecular weight excluding hydrogens is 358 g/mol.